The van der Waals surface area contributed by atoms with Crippen LogP contribution in [0.25, 0.3) is 0 Å². The van der Waals surface area contributed by atoms with E-state index in [9.17, 15) is 33.9 Å². The highest BCUT2D eigenvalue weighted by atomic mass is 32.1. The number of hydrogen-bond acceptors (Lipinski definition) is 9. The Morgan fingerprint density at radius 3 is 2.23 bits per heavy atom. The van der Waals surface area contributed by atoms with Crippen LogP contribution in [0.3, 0.4) is 0 Å². The summed E-state index contributed by atoms with van der Waals surface area (Å²) in [5.74, 6) is -3.21. The second kappa shape index (κ2) is 18.1. The van der Waals surface area contributed by atoms with Crippen molar-refractivity contribution in [1.29, 1.82) is 0 Å². The maximum atomic E-state index is 14.2. The number of carboxylic acids is 1. The van der Waals surface area contributed by atoms with E-state index < -0.39 is 53.4 Å². The first-order chi connectivity index (χ1) is 25.0. The number of thiazole rings is 1. The number of nitrogens with zero attached hydrogens (tertiary/aromatic N) is 2. The molecule has 2 saturated carbocycles. The number of ether oxygens (including phenoxy) is 1. The average Bonchev–Trinajstić information content (AvgIpc) is 3.80. The minimum absolute atomic E-state index is 0.0235. The number of aromatic nitrogens is 1. The lowest BCUT2D eigenvalue weighted by Gasteiger charge is -2.46. The summed E-state index contributed by atoms with van der Waals surface area (Å²) in [5, 5.41) is 20.4. The van der Waals surface area contributed by atoms with Crippen LogP contribution >= 0.6 is 11.3 Å². The van der Waals surface area contributed by atoms with Crippen LogP contribution in [-0.2, 0) is 35.1 Å². The van der Waals surface area contributed by atoms with Crippen molar-refractivity contribution in [1.82, 2.24) is 25.8 Å². The third kappa shape index (κ3) is 11.1. The monoisotopic (exact) mass is 753 g/mol. The summed E-state index contributed by atoms with van der Waals surface area (Å²) in [5.41, 5.74) is 0.434. The van der Waals surface area contributed by atoms with Gasteiger partial charge >= 0.3 is 11.9 Å². The van der Waals surface area contributed by atoms with Gasteiger partial charge in [-0.2, -0.15) is 0 Å². The highest BCUT2D eigenvalue weighted by molar-refractivity contribution is 7.09. The molecule has 2 aliphatic rings. The number of esters is 1. The Balaban J connectivity index is 1.48. The van der Waals surface area contributed by atoms with Crippen LogP contribution in [0, 0.1) is 23.2 Å². The van der Waals surface area contributed by atoms with Gasteiger partial charge in [0.25, 0.3) is 5.91 Å². The van der Waals surface area contributed by atoms with Crippen molar-refractivity contribution >= 4 is 46.9 Å². The van der Waals surface area contributed by atoms with Crippen LogP contribution in [0.5, 0.6) is 0 Å². The van der Waals surface area contributed by atoms with Crippen molar-refractivity contribution in [2.75, 3.05) is 7.05 Å². The molecule has 14 heteroatoms. The molecule has 1 heterocycles. The van der Waals surface area contributed by atoms with Crippen molar-refractivity contribution < 1.29 is 38.6 Å². The Hall–Kier alpha value is -4.33. The van der Waals surface area contributed by atoms with Crippen LogP contribution in [0.1, 0.15) is 114 Å². The summed E-state index contributed by atoms with van der Waals surface area (Å²) in [4.78, 5) is 83.0. The van der Waals surface area contributed by atoms with Crippen molar-refractivity contribution in [3.05, 3.63) is 52.0 Å². The Kier molecular flexibility index (Phi) is 14.2. The summed E-state index contributed by atoms with van der Waals surface area (Å²) >= 11 is 1.17. The van der Waals surface area contributed by atoms with Crippen LogP contribution in [-0.4, -0.2) is 81.8 Å². The fraction of sp³-hybridized carbons (Fsp3) is 0.615. The van der Waals surface area contributed by atoms with Crippen LogP contribution in [0.2, 0.25) is 0 Å². The van der Waals surface area contributed by atoms with E-state index in [2.05, 4.69) is 20.9 Å². The molecule has 0 spiro atoms. The predicted molar refractivity (Wildman–Crippen MR) is 200 cm³/mol. The molecule has 13 nitrogen and oxygen atoms in total. The highest BCUT2D eigenvalue weighted by Crippen LogP contribution is 2.45. The topological polar surface area (TPSA) is 184 Å². The van der Waals surface area contributed by atoms with Gasteiger partial charge in [-0.25, -0.2) is 4.98 Å². The summed E-state index contributed by atoms with van der Waals surface area (Å²) in [7, 11) is 1.71. The minimum Gasteiger partial charge on any atom is -0.481 e. The Morgan fingerprint density at radius 1 is 1.02 bits per heavy atom. The summed E-state index contributed by atoms with van der Waals surface area (Å²) in [6, 6.07) is 7.86. The van der Waals surface area contributed by atoms with E-state index >= 15 is 0 Å². The largest absolute Gasteiger partial charge is 0.481 e. The number of carboxylic acid groups (broad SMARTS) is 1. The van der Waals surface area contributed by atoms with Gasteiger partial charge in [0, 0.05) is 50.8 Å². The molecule has 2 fully saturated rings. The number of amides is 4. The second-order valence-corrected chi connectivity index (χ2v) is 16.1. The van der Waals surface area contributed by atoms with Gasteiger partial charge in [0.2, 0.25) is 17.7 Å². The molecule has 290 valence electrons. The highest BCUT2D eigenvalue weighted by Gasteiger charge is 2.51. The number of likely N-dealkylation sites (N-methyl/N-ethyl adjacent to an activating group) is 1. The molecule has 0 radical (unpaired) electrons. The zero-order valence-electron chi connectivity index (χ0n) is 31.8. The van der Waals surface area contributed by atoms with Gasteiger partial charge in [-0.3, -0.25) is 28.8 Å². The van der Waals surface area contributed by atoms with Gasteiger partial charge in [0.15, 0.2) is 6.10 Å². The summed E-state index contributed by atoms with van der Waals surface area (Å²) in [6.07, 6.45) is 3.31. The fourth-order valence-electron chi connectivity index (χ4n) is 7.31. The molecular formula is C39H55N5O8S. The molecule has 4 N–H and O–H groups in total. The number of hydrogen-bond donors (Lipinski definition) is 4. The molecule has 0 unspecified atom stereocenters. The quantitative estimate of drug-likeness (QED) is 0.148. The first kappa shape index (κ1) is 41.4. The lowest BCUT2D eigenvalue weighted by molar-refractivity contribution is -0.150. The number of rotatable bonds is 19. The van der Waals surface area contributed by atoms with E-state index in [4.69, 9.17) is 4.74 Å². The smallest absolute Gasteiger partial charge is 0.306 e. The van der Waals surface area contributed by atoms with Crippen LogP contribution < -0.4 is 16.0 Å². The Labute approximate surface area is 316 Å². The van der Waals surface area contributed by atoms with Crippen LogP contribution in [0.4, 0.5) is 0 Å². The standard InChI is InChI=1S/C39H55N5O8S/c1-8-39(19-29(20-39)40-24(5)45)38(51)43-33(27-14-15-27)36(48)44(7)31(22(2)3)18-32(52-25(6)46)35-42-30(21-53-35)34(47)41-28(16-23(4)37(49)50)17-26-12-10-9-11-13-26/h9-13,21-23,27-29,31-33H,8,14-20H2,1-7H3,(H,40,45)(H,41,47)(H,43,51)(H,49,50)/t23-,28+,29?,31+,32+,33-,39?/m0/s1. The van der Waals surface area contributed by atoms with Gasteiger partial charge < -0.3 is 30.7 Å². The van der Waals surface area contributed by atoms with Gasteiger partial charge in [-0.15, -0.1) is 11.3 Å². The number of nitrogens with one attached hydrogen (secondary N) is 3. The lowest BCUT2D eigenvalue weighted by Crippen LogP contribution is -2.60. The molecule has 4 amide bonds. The molecule has 0 saturated heterocycles. The SMILES string of the molecule is CCC1(C(=O)N[C@H](C(=O)N(C)[C@H](C[C@@H](OC(C)=O)c2nc(C(=O)N[C@@H](Cc3ccccc3)C[C@H](C)C(=O)O)cs2)C(C)C)C2CC2)CC(NC(C)=O)C1. The van der Waals surface area contributed by atoms with E-state index in [1.165, 1.54) is 25.2 Å². The number of aliphatic carboxylic acids is 1. The number of carbonyl (C=O) groups excluding carboxylic acids is 5. The van der Waals surface area contributed by atoms with E-state index in [1.54, 1.807) is 24.3 Å². The van der Waals surface area contributed by atoms with Gasteiger partial charge in [-0.1, -0.05) is 58.0 Å². The molecule has 53 heavy (non-hydrogen) atoms. The summed E-state index contributed by atoms with van der Waals surface area (Å²) in [6.45, 7) is 10.2. The van der Waals surface area contributed by atoms with E-state index in [0.717, 1.165) is 18.4 Å². The van der Waals surface area contributed by atoms with Crippen molar-refractivity contribution in [3.63, 3.8) is 0 Å². The van der Waals surface area contributed by atoms with Gasteiger partial charge in [0.05, 0.1) is 11.3 Å². The van der Waals surface area contributed by atoms with Gasteiger partial charge in [0.1, 0.15) is 16.7 Å². The molecule has 1 aromatic carbocycles. The Morgan fingerprint density at radius 2 is 1.68 bits per heavy atom. The molecule has 4 rings (SSSR count). The number of benzene rings is 1. The maximum absolute atomic E-state index is 14.2. The first-order valence-corrected chi connectivity index (χ1v) is 19.5. The molecule has 1 aromatic heterocycles. The molecule has 0 aliphatic heterocycles. The predicted octanol–water partition coefficient (Wildman–Crippen LogP) is 4.66. The van der Waals surface area contributed by atoms with Crippen molar-refractivity contribution in [2.24, 2.45) is 23.2 Å². The first-order valence-electron chi connectivity index (χ1n) is 18.6. The molecule has 2 aromatic rings. The van der Waals surface area contributed by atoms with Crippen molar-refractivity contribution in [2.45, 2.75) is 123 Å². The molecule has 2 aliphatic carbocycles. The molecule has 0 bridgehead atoms. The normalized spacial score (nSPS) is 20.9. The zero-order chi connectivity index (χ0) is 39.0. The average molecular weight is 754 g/mol. The van der Waals surface area contributed by atoms with E-state index in [0.29, 0.717) is 30.7 Å². The lowest BCUT2D eigenvalue weighted by atomic mass is 9.63. The van der Waals surface area contributed by atoms with E-state index in [-0.39, 0.29) is 54.1 Å². The molecular weight excluding hydrogens is 699 g/mol. The van der Waals surface area contributed by atoms with E-state index in [1.807, 2.05) is 51.1 Å². The molecule has 5 atom stereocenters. The second-order valence-electron chi connectivity index (χ2n) is 15.2. The zero-order valence-corrected chi connectivity index (χ0v) is 32.7. The third-order valence-corrected chi connectivity index (χ3v) is 11.6. The van der Waals surface area contributed by atoms with Gasteiger partial charge in [-0.05, 0) is 62.3 Å². The Bertz CT molecular complexity index is 1620. The minimum atomic E-state index is -0.952. The summed E-state index contributed by atoms with van der Waals surface area (Å²) < 4.78 is 5.76. The fourth-order valence-corrected chi connectivity index (χ4v) is 8.15. The third-order valence-electron chi connectivity index (χ3n) is 10.6. The maximum Gasteiger partial charge on any atom is 0.306 e. The van der Waals surface area contributed by atoms with Crippen LogP contribution in [0.15, 0.2) is 35.7 Å². The number of carbonyl (C=O) groups is 6. The van der Waals surface area contributed by atoms with Crippen molar-refractivity contribution in [3.8, 4) is 0 Å².